The van der Waals surface area contributed by atoms with Gasteiger partial charge in [0, 0.05) is 12.5 Å². The van der Waals surface area contributed by atoms with Crippen LogP contribution < -0.4 is 10.2 Å². The van der Waals surface area contributed by atoms with Gasteiger partial charge < -0.3 is 9.47 Å². The van der Waals surface area contributed by atoms with Gasteiger partial charge in [-0.2, -0.15) is 13.2 Å². The molecule has 2 heterocycles. The Bertz CT molecular complexity index is 919. The molecular formula is C24H29F3N2O2. The normalized spacial score (nSPS) is 27.0. The largest absolute Gasteiger partial charge is 0.496 e. The first-order valence-electron chi connectivity index (χ1n) is 10.7. The first kappa shape index (κ1) is 22.1. The lowest BCUT2D eigenvalue weighted by atomic mass is 9.77. The van der Waals surface area contributed by atoms with E-state index in [9.17, 15) is 13.2 Å². The van der Waals surface area contributed by atoms with Crippen LogP contribution in [0.2, 0.25) is 0 Å². The Balaban J connectivity index is 1.87. The summed E-state index contributed by atoms with van der Waals surface area (Å²) in [6, 6.07) is 13.6. The van der Waals surface area contributed by atoms with Crippen LogP contribution in [0.1, 0.15) is 54.0 Å². The van der Waals surface area contributed by atoms with Crippen molar-refractivity contribution in [2.24, 2.45) is 0 Å². The molecule has 1 saturated heterocycles. The molecule has 0 bridgehead atoms. The number of fused-ring (bicyclic) bond motifs is 1. The molecule has 0 spiro atoms. The van der Waals surface area contributed by atoms with Crippen LogP contribution in [0.4, 0.5) is 13.2 Å². The van der Waals surface area contributed by atoms with Gasteiger partial charge in [-0.1, -0.05) is 30.3 Å². The molecule has 7 heteroatoms. The van der Waals surface area contributed by atoms with Crippen molar-refractivity contribution in [2.45, 2.75) is 49.9 Å². The number of ether oxygens (including phenoxy) is 2. The predicted octanol–water partition coefficient (Wildman–Crippen LogP) is 5.10. The van der Waals surface area contributed by atoms with Crippen molar-refractivity contribution in [1.29, 1.82) is 0 Å². The van der Waals surface area contributed by atoms with Crippen LogP contribution in [0.5, 0.6) is 5.75 Å². The molecule has 168 valence electrons. The zero-order chi connectivity index (χ0) is 22.2. The second-order valence-electron chi connectivity index (χ2n) is 8.40. The lowest BCUT2D eigenvalue weighted by molar-refractivity contribution is -0.281. The Hall–Kier alpha value is -2.09. The molecule has 0 aliphatic carbocycles. The van der Waals surface area contributed by atoms with Crippen LogP contribution in [-0.2, 0) is 16.8 Å². The number of nitrogens with zero attached hydrogens (tertiary/aromatic N) is 1. The number of halogens is 3. The summed E-state index contributed by atoms with van der Waals surface area (Å²) in [7, 11) is 3.47. The number of rotatable bonds is 4. The van der Waals surface area contributed by atoms with Crippen molar-refractivity contribution in [3.8, 4) is 5.75 Å². The summed E-state index contributed by atoms with van der Waals surface area (Å²) in [6.07, 6.45) is -2.28. The maximum atomic E-state index is 14.0. The van der Waals surface area contributed by atoms with Gasteiger partial charge in [-0.25, -0.2) is 5.01 Å². The van der Waals surface area contributed by atoms with E-state index in [0.717, 1.165) is 37.4 Å². The Kier molecular flexibility index (Phi) is 6.03. The molecule has 2 aromatic carbocycles. The second-order valence-corrected chi connectivity index (χ2v) is 8.40. The number of hydrazine groups is 1. The fraction of sp³-hybridized carbons (Fsp3) is 0.500. The van der Waals surface area contributed by atoms with Gasteiger partial charge in [-0.3, -0.25) is 5.43 Å². The standard InChI is InChI=1S/C24H29F3N2O2/c1-23(24(25,26)27)20-15-19(21(30-3)14-17(20)11-13-31-23)18-10-7-12-29(28-2)22(18)16-8-5-4-6-9-16/h4-6,8-9,14-15,18,22,28H,7,10-13H2,1-3H3/t18-,22+,23-/m0/s1. The van der Waals surface area contributed by atoms with Crippen LogP contribution in [-0.4, -0.2) is 38.5 Å². The molecule has 0 amide bonds. The van der Waals surface area contributed by atoms with Crippen molar-refractivity contribution in [3.63, 3.8) is 0 Å². The third-order valence-electron chi connectivity index (χ3n) is 6.73. The Morgan fingerprint density at radius 3 is 2.58 bits per heavy atom. The summed E-state index contributed by atoms with van der Waals surface area (Å²) in [5, 5.41) is 2.17. The van der Waals surface area contributed by atoms with Gasteiger partial charge in [0.1, 0.15) is 5.75 Å². The Morgan fingerprint density at radius 2 is 1.94 bits per heavy atom. The molecule has 4 rings (SSSR count). The zero-order valence-electron chi connectivity index (χ0n) is 18.1. The highest BCUT2D eigenvalue weighted by Gasteiger charge is 2.56. The van der Waals surface area contributed by atoms with Gasteiger partial charge in [0.05, 0.1) is 19.8 Å². The molecular weight excluding hydrogens is 405 g/mol. The maximum absolute atomic E-state index is 14.0. The summed E-state index contributed by atoms with van der Waals surface area (Å²) in [6.45, 7) is 2.04. The van der Waals surface area contributed by atoms with Gasteiger partial charge in [-0.15, -0.1) is 0 Å². The molecule has 2 aromatic rings. The average Bonchev–Trinajstić information content (AvgIpc) is 2.77. The summed E-state index contributed by atoms with van der Waals surface area (Å²) < 4.78 is 53.2. The molecule has 0 radical (unpaired) electrons. The van der Waals surface area contributed by atoms with Crippen LogP contribution in [0.15, 0.2) is 42.5 Å². The molecule has 2 aliphatic rings. The highest BCUT2D eigenvalue weighted by atomic mass is 19.4. The maximum Gasteiger partial charge on any atom is 0.421 e. The van der Waals surface area contributed by atoms with E-state index in [1.807, 2.05) is 25.2 Å². The monoisotopic (exact) mass is 434 g/mol. The van der Waals surface area contributed by atoms with E-state index in [4.69, 9.17) is 9.47 Å². The van der Waals surface area contributed by atoms with Crippen LogP contribution in [0.3, 0.4) is 0 Å². The third-order valence-corrected chi connectivity index (χ3v) is 6.73. The fourth-order valence-electron chi connectivity index (χ4n) is 5.07. The summed E-state index contributed by atoms with van der Waals surface area (Å²) >= 11 is 0. The average molecular weight is 435 g/mol. The molecule has 1 fully saturated rings. The van der Waals surface area contributed by atoms with Crippen molar-refractivity contribution >= 4 is 0 Å². The Morgan fingerprint density at radius 1 is 1.19 bits per heavy atom. The first-order valence-corrected chi connectivity index (χ1v) is 10.7. The van der Waals surface area contributed by atoms with E-state index in [1.54, 1.807) is 19.2 Å². The van der Waals surface area contributed by atoms with E-state index in [2.05, 4.69) is 22.6 Å². The van der Waals surface area contributed by atoms with Crippen molar-refractivity contribution in [1.82, 2.24) is 10.4 Å². The van der Waals surface area contributed by atoms with Gasteiger partial charge >= 0.3 is 6.18 Å². The molecule has 0 aromatic heterocycles. The molecule has 0 saturated carbocycles. The van der Waals surface area contributed by atoms with E-state index in [0.29, 0.717) is 17.7 Å². The number of benzene rings is 2. The third kappa shape index (κ3) is 3.83. The minimum atomic E-state index is -4.50. The highest BCUT2D eigenvalue weighted by molar-refractivity contribution is 5.49. The zero-order valence-corrected chi connectivity index (χ0v) is 18.1. The quantitative estimate of drug-likeness (QED) is 0.726. The van der Waals surface area contributed by atoms with Crippen LogP contribution >= 0.6 is 0 Å². The van der Waals surface area contributed by atoms with Crippen LogP contribution in [0.25, 0.3) is 0 Å². The second kappa shape index (κ2) is 8.45. The number of piperidine rings is 1. The minimum absolute atomic E-state index is 0.0199. The molecule has 31 heavy (non-hydrogen) atoms. The van der Waals surface area contributed by atoms with Gasteiger partial charge in [-0.05, 0) is 67.6 Å². The number of hydrogen-bond acceptors (Lipinski definition) is 4. The predicted molar refractivity (Wildman–Crippen MR) is 113 cm³/mol. The van der Waals surface area contributed by atoms with Crippen molar-refractivity contribution in [2.75, 3.05) is 27.3 Å². The lowest BCUT2D eigenvalue weighted by Gasteiger charge is -2.43. The molecule has 4 nitrogen and oxygen atoms in total. The minimum Gasteiger partial charge on any atom is -0.496 e. The van der Waals surface area contributed by atoms with Gasteiger partial charge in [0.15, 0.2) is 5.60 Å². The molecule has 0 unspecified atom stereocenters. The van der Waals surface area contributed by atoms with E-state index >= 15 is 0 Å². The number of nitrogens with one attached hydrogen (secondary N) is 1. The first-order chi connectivity index (χ1) is 14.8. The van der Waals surface area contributed by atoms with Crippen LogP contribution in [0, 0.1) is 0 Å². The number of hydrogen-bond donors (Lipinski definition) is 1. The fourth-order valence-corrected chi connectivity index (χ4v) is 5.07. The van der Waals surface area contributed by atoms with Gasteiger partial charge in [0.25, 0.3) is 0 Å². The number of methoxy groups -OCH3 is 1. The van der Waals surface area contributed by atoms with Gasteiger partial charge in [0.2, 0.25) is 0 Å². The lowest BCUT2D eigenvalue weighted by Crippen LogP contribution is -2.46. The summed E-state index contributed by atoms with van der Waals surface area (Å²) in [5.41, 5.74) is 3.73. The summed E-state index contributed by atoms with van der Waals surface area (Å²) in [4.78, 5) is 0. The van der Waals surface area contributed by atoms with Crippen molar-refractivity contribution < 1.29 is 22.6 Å². The Labute approximate surface area is 181 Å². The van der Waals surface area contributed by atoms with E-state index < -0.39 is 11.8 Å². The molecule has 1 N–H and O–H groups in total. The number of alkyl halides is 3. The topological polar surface area (TPSA) is 33.7 Å². The SMILES string of the molecule is CNN1CCC[C@@H](c2cc3c(cc2OC)CCO[C@]3(C)C(F)(F)F)[C@H]1c1ccccc1. The van der Waals surface area contributed by atoms with E-state index in [1.165, 1.54) is 0 Å². The smallest absolute Gasteiger partial charge is 0.421 e. The van der Waals surface area contributed by atoms with E-state index in [-0.39, 0.29) is 24.1 Å². The molecule has 3 atom stereocenters. The van der Waals surface area contributed by atoms with Crippen molar-refractivity contribution in [3.05, 3.63) is 64.7 Å². The summed E-state index contributed by atoms with van der Waals surface area (Å²) in [5.74, 6) is 0.623. The highest BCUT2D eigenvalue weighted by Crippen LogP contribution is 2.50. The molecule has 2 aliphatic heterocycles.